The molecule has 0 aromatic rings. The van der Waals surface area contributed by atoms with Gasteiger partial charge < -0.3 is 20.1 Å². The first-order valence-corrected chi connectivity index (χ1v) is 22.3. The van der Waals surface area contributed by atoms with E-state index in [1.165, 1.54) is 96.3 Å². The van der Waals surface area contributed by atoms with E-state index in [9.17, 15) is 14.3 Å². The molecule has 0 fully saturated rings. The van der Waals surface area contributed by atoms with Gasteiger partial charge in [0.2, 0.25) is 0 Å². The second-order valence-corrected chi connectivity index (χ2v) is 15.0. The number of phosphoric acid groups is 1. The smallest absolute Gasteiger partial charge is 0.472 e. The van der Waals surface area contributed by atoms with Gasteiger partial charge in [-0.15, -0.1) is 0 Å². The van der Waals surface area contributed by atoms with Gasteiger partial charge in [-0.1, -0.05) is 152 Å². The van der Waals surface area contributed by atoms with Gasteiger partial charge in [-0.25, -0.2) is 4.57 Å². The third-order valence-corrected chi connectivity index (χ3v) is 9.51. The van der Waals surface area contributed by atoms with E-state index < -0.39 is 13.9 Å². The monoisotopic (exact) mass is 752 g/mol. The van der Waals surface area contributed by atoms with E-state index in [1.54, 1.807) is 6.26 Å². The largest absolute Gasteiger partial charge is 0.492 e. The summed E-state index contributed by atoms with van der Waals surface area (Å²) in [5.41, 5.74) is 5.36. The zero-order chi connectivity index (χ0) is 38.1. The predicted octanol–water partition coefficient (Wildman–Crippen LogP) is 12.5. The number of carbonyl (C=O) groups excluding carboxylic acids is 1. The summed E-state index contributed by atoms with van der Waals surface area (Å²) in [7, 11) is -4.27. The third-order valence-electron chi connectivity index (χ3n) is 8.53. The molecular weight excluding hydrogens is 673 g/mol. The molecule has 3 N–H and O–H groups in total. The van der Waals surface area contributed by atoms with Crippen LogP contribution in [0.15, 0.2) is 60.9 Å². The summed E-state index contributed by atoms with van der Waals surface area (Å²) in [4.78, 5) is 22.2. The fourth-order valence-electron chi connectivity index (χ4n) is 5.37. The fourth-order valence-corrected chi connectivity index (χ4v) is 6.14. The van der Waals surface area contributed by atoms with Crippen LogP contribution in [-0.2, 0) is 27.9 Å². The second-order valence-electron chi connectivity index (χ2n) is 13.6. The first-order chi connectivity index (χ1) is 25.4. The number of rotatable bonds is 39. The zero-order valence-electron chi connectivity index (χ0n) is 33.3. The highest BCUT2D eigenvalue weighted by Gasteiger charge is 2.24. The quantitative estimate of drug-likeness (QED) is 0.0210. The lowest BCUT2D eigenvalue weighted by Gasteiger charge is -2.19. The average molecular weight is 752 g/mol. The van der Waals surface area contributed by atoms with Crippen LogP contribution >= 0.6 is 7.82 Å². The molecule has 0 aromatic heterocycles. The van der Waals surface area contributed by atoms with E-state index >= 15 is 0 Å². The SMILES string of the molecule is CCCCCC=CCC=CCC=CCC=CCCCCCC(=O)OC[C@H](COP(=O)(O)OCCN)OC=CCCCCCCCCCCCCCC. The van der Waals surface area contributed by atoms with Crippen LogP contribution in [-0.4, -0.2) is 43.3 Å². The van der Waals surface area contributed by atoms with Crippen LogP contribution in [0.3, 0.4) is 0 Å². The minimum Gasteiger partial charge on any atom is -0.492 e. The molecule has 1 unspecified atom stereocenters. The highest BCUT2D eigenvalue weighted by atomic mass is 31.2. The van der Waals surface area contributed by atoms with Crippen LogP contribution in [0.25, 0.3) is 0 Å². The van der Waals surface area contributed by atoms with Gasteiger partial charge in [-0.2, -0.15) is 0 Å². The lowest BCUT2D eigenvalue weighted by atomic mass is 10.0. The van der Waals surface area contributed by atoms with Crippen molar-refractivity contribution >= 4 is 13.8 Å². The Kier molecular flexibility index (Phi) is 38.7. The van der Waals surface area contributed by atoms with E-state index in [0.29, 0.717) is 6.42 Å². The standard InChI is InChI=1S/C43H78NO7P/c1-3-5-7-9-11-13-15-17-19-20-21-22-23-24-26-28-30-32-34-36-43(45)49-40-42(41-51-52(46,47)50-39-37-44)48-38-35-33-31-29-27-25-18-16-14-12-10-8-6-4-2/h11,13,17,19,21-22,24,26,35,38,42H,3-10,12,14-16,18,20,23,25,27-34,36-37,39-41,44H2,1-2H3,(H,46,47)/t42-/m1/s1. The molecule has 0 aliphatic heterocycles. The number of phosphoric ester groups is 1. The molecule has 0 radical (unpaired) electrons. The molecule has 0 saturated heterocycles. The summed E-state index contributed by atoms with van der Waals surface area (Å²) < 4.78 is 33.1. The van der Waals surface area contributed by atoms with E-state index in [2.05, 4.69) is 62.5 Å². The molecule has 0 saturated carbocycles. The van der Waals surface area contributed by atoms with Crippen molar-refractivity contribution in [3.8, 4) is 0 Å². The summed E-state index contributed by atoms with van der Waals surface area (Å²) in [5.74, 6) is -0.321. The molecule has 2 atom stereocenters. The van der Waals surface area contributed by atoms with Gasteiger partial charge in [0.15, 0.2) is 6.10 Å². The van der Waals surface area contributed by atoms with Crippen molar-refractivity contribution in [1.29, 1.82) is 0 Å². The number of hydrogen-bond acceptors (Lipinski definition) is 7. The normalized spacial score (nSPS) is 14.1. The number of allylic oxidation sites excluding steroid dienone is 9. The van der Waals surface area contributed by atoms with Crippen LogP contribution in [0.4, 0.5) is 0 Å². The molecule has 52 heavy (non-hydrogen) atoms. The Morgan fingerprint density at radius 2 is 1.04 bits per heavy atom. The van der Waals surface area contributed by atoms with Gasteiger partial charge in [-0.3, -0.25) is 13.8 Å². The molecule has 0 rings (SSSR count). The molecule has 8 nitrogen and oxygen atoms in total. The summed E-state index contributed by atoms with van der Waals surface area (Å²) >= 11 is 0. The van der Waals surface area contributed by atoms with Crippen LogP contribution < -0.4 is 5.73 Å². The van der Waals surface area contributed by atoms with Gasteiger partial charge in [0.05, 0.1) is 19.5 Å². The lowest BCUT2D eigenvalue weighted by Crippen LogP contribution is -2.25. The van der Waals surface area contributed by atoms with Crippen LogP contribution in [0, 0.1) is 0 Å². The maximum Gasteiger partial charge on any atom is 0.472 e. The Morgan fingerprint density at radius 3 is 1.58 bits per heavy atom. The summed E-state index contributed by atoms with van der Waals surface area (Å²) in [5, 5.41) is 0. The molecule has 0 heterocycles. The highest BCUT2D eigenvalue weighted by Crippen LogP contribution is 2.43. The summed E-state index contributed by atoms with van der Waals surface area (Å²) in [6.45, 7) is 4.14. The van der Waals surface area contributed by atoms with Crippen molar-refractivity contribution < 1.29 is 32.8 Å². The van der Waals surface area contributed by atoms with Crippen molar-refractivity contribution in [2.75, 3.05) is 26.4 Å². The fraction of sp³-hybridized carbons (Fsp3) is 0.744. The van der Waals surface area contributed by atoms with Gasteiger partial charge in [0.25, 0.3) is 0 Å². The zero-order valence-corrected chi connectivity index (χ0v) is 34.2. The minimum absolute atomic E-state index is 0.0825. The Hall–Kier alpha value is -1.96. The number of ether oxygens (including phenoxy) is 2. The number of carbonyl (C=O) groups is 1. The molecule has 0 aliphatic carbocycles. The van der Waals surface area contributed by atoms with Crippen molar-refractivity contribution in [3.63, 3.8) is 0 Å². The predicted molar refractivity (Wildman–Crippen MR) is 219 cm³/mol. The Morgan fingerprint density at radius 1 is 0.596 bits per heavy atom. The lowest BCUT2D eigenvalue weighted by molar-refractivity contribution is -0.147. The topological polar surface area (TPSA) is 117 Å². The highest BCUT2D eigenvalue weighted by molar-refractivity contribution is 7.47. The Bertz CT molecular complexity index is 979. The molecule has 0 spiro atoms. The number of hydrogen-bond donors (Lipinski definition) is 2. The first kappa shape index (κ1) is 50.0. The van der Waals surface area contributed by atoms with Crippen molar-refractivity contribution in [2.45, 2.75) is 180 Å². The summed E-state index contributed by atoms with van der Waals surface area (Å²) in [6.07, 6.45) is 49.0. The maximum absolute atomic E-state index is 12.4. The van der Waals surface area contributed by atoms with Crippen molar-refractivity contribution in [3.05, 3.63) is 60.9 Å². The summed E-state index contributed by atoms with van der Waals surface area (Å²) in [6, 6.07) is 0. The van der Waals surface area contributed by atoms with Gasteiger partial charge in [0.1, 0.15) is 6.61 Å². The average Bonchev–Trinajstić information content (AvgIpc) is 3.14. The Labute approximate surface area is 319 Å². The van der Waals surface area contributed by atoms with E-state index in [4.69, 9.17) is 24.3 Å². The first-order valence-electron chi connectivity index (χ1n) is 20.8. The molecule has 302 valence electrons. The van der Waals surface area contributed by atoms with Crippen molar-refractivity contribution in [2.24, 2.45) is 5.73 Å². The number of esters is 1. The van der Waals surface area contributed by atoms with Crippen LogP contribution in [0.2, 0.25) is 0 Å². The van der Waals surface area contributed by atoms with E-state index in [1.807, 2.05) is 6.08 Å². The maximum atomic E-state index is 12.4. The minimum atomic E-state index is -4.27. The number of nitrogens with two attached hydrogens (primary N) is 1. The van der Waals surface area contributed by atoms with Gasteiger partial charge in [0, 0.05) is 13.0 Å². The molecule has 0 amide bonds. The van der Waals surface area contributed by atoms with Gasteiger partial charge >= 0.3 is 13.8 Å². The van der Waals surface area contributed by atoms with E-state index in [0.717, 1.165) is 57.8 Å². The molecule has 9 heteroatoms. The van der Waals surface area contributed by atoms with Crippen LogP contribution in [0.1, 0.15) is 174 Å². The van der Waals surface area contributed by atoms with E-state index in [-0.39, 0.29) is 32.3 Å². The third kappa shape index (κ3) is 39.3. The molecule has 0 aliphatic rings. The molecule has 0 bridgehead atoms. The van der Waals surface area contributed by atoms with Crippen molar-refractivity contribution in [1.82, 2.24) is 0 Å². The molecule has 0 aromatic carbocycles. The Balaban J connectivity index is 4.17. The molecular formula is C43H78NO7P. The van der Waals surface area contributed by atoms with Gasteiger partial charge in [-0.05, 0) is 70.3 Å². The second kappa shape index (κ2) is 40.2. The number of unbranched alkanes of at least 4 members (excludes halogenated alkanes) is 18. The van der Waals surface area contributed by atoms with Crippen LogP contribution in [0.5, 0.6) is 0 Å².